The predicted molar refractivity (Wildman–Crippen MR) is 121 cm³/mol. The molecule has 2 heterocycles. The Labute approximate surface area is 190 Å². The van der Waals surface area contributed by atoms with Gasteiger partial charge < -0.3 is 9.64 Å². The molecule has 3 amide bonds. The zero-order valence-electron chi connectivity index (χ0n) is 19.1. The molecule has 0 radical (unpaired) electrons. The van der Waals surface area contributed by atoms with Crippen LogP contribution in [0.2, 0.25) is 0 Å². The Hall–Kier alpha value is -1.97. The highest BCUT2D eigenvalue weighted by Crippen LogP contribution is 2.49. The number of amides is 3. The highest BCUT2D eigenvalue weighted by atomic mass is 32.2. The van der Waals surface area contributed by atoms with Crippen LogP contribution in [-0.4, -0.2) is 93.0 Å². The SMILES string of the molecule is CN(C)C1(c2ccccc2)CCC2(CC1)CN(C(=O)CS(C)(=O)=O)C(=O)N2CC1COC1. The van der Waals surface area contributed by atoms with Gasteiger partial charge in [0.2, 0.25) is 5.91 Å². The monoisotopic (exact) mass is 463 g/mol. The largest absolute Gasteiger partial charge is 0.381 e. The van der Waals surface area contributed by atoms with Crippen molar-refractivity contribution in [2.45, 2.75) is 36.8 Å². The van der Waals surface area contributed by atoms with E-state index < -0.39 is 27.0 Å². The van der Waals surface area contributed by atoms with Crippen LogP contribution in [0.15, 0.2) is 30.3 Å². The van der Waals surface area contributed by atoms with Crippen molar-refractivity contribution in [2.24, 2.45) is 5.92 Å². The first-order valence-electron chi connectivity index (χ1n) is 11.2. The summed E-state index contributed by atoms with van der Waals surface area (Å²) in [5.41, 5.74) is 0.659. The topological polar surface area (TPSA) is 87.2 Å². The molecule has 3 aliphatic rings. The van der Waals surface area contributed by atoms with Gasteiger partial charge in [-0.25, -0.2) is 13.2 Å². The summed E-state index contributed by atoms with van der Waals surface area (Å²) in [6.07, 6.45) is 4.23. The second-order valence-corrected chi connectivity index (χ2v) is 12.0. The van der Waals surface area contributed by atoms with Crippen molar-refractivity contribution in [3.05, 3.63) is 35.9 Å². The summed E-state index contributed by atoms with van der Waals surface area (Å²) in [4.78, 5) is 31.4. The molecule has 176 valence electrons. The Bertz CT molecular complexity index is 967. The number of imide groups is 1. The van der Waals surface area contributed by atoms with E-state index >= 15 is 0 Å². The van der Waals surface area contributed by atoms with Crippen LogP contribution < -0.4 is 0 Å². The van der Waals surface area contributed by atoms with Gasteiger partial charge in [-0.2, -0.15) is 0 Å². The van der Waals surface area contributed by atoms with Gasteiger partial charge in [-0.1, -0.05) is 30.3 Å². The molecule has 0 aromatic heterocycles. The number of hydrogen-bond acceptors (Lipinski definition) is 6. The molecular formula is C23H33N3O5S. The van der Waals surface area contributed by atoms with E-state index in [1.54, 1.807) is 0 Å². The Morgan fingerprint density at radius 3 is 2.25 bits per heavy atom. The Morgan fingerprint density at radius 2 is 1.75 bits per heavy atom. The smallest absolute Gasteiger partial charge is 0.327 e. The van der Waals surface area contributed by atoms with Crippen LogP contribution in [0.4, 0.5) is 4.79 Å². The molecule has 1 saturated carbocycles. The van der Waals surface area contributed by atoms with E-state index in [0.717, 1.165) is 31.9 Å². The Kier molecular flexibility index (Phi) is 6.11. The van der Waals surface area contributed by atoms with E-state index in [-0.39, 0.29) is 24.0 Å². The maximum absolute atomic E-state index is 13.3. The van der Waals surface area contributed by atoms with E-state index in [0.29, 0.717) is 19.8 Å². The maximum Gasteiger partial charge on any atom is 0.327 e. The molecule has 8 nitrogen and oxygen atoms in total. The van der Waals surface area contributed by atoms with Gasteiger partial charge in [-0.15, -0.1) is 0 Å². The van der Waals surface area contributed by atoms with Crippen molar-refractivity contribution in [1.29, 1.82) is 0 Å². The van der Waals surface area contributed by atoms with Gasteiger partial charge >= 0.3 is 6.03 Å². The number of rotatable bonds is 6. The Balaban J connectivity index is 1.61. The fourth-order valence-corrected chi connectivity index (χ4v) is 6.12. The molecule has 3 fully saturated rings. The van der Waals surface area contributed by atoms with Crippen LogP contribution in [0.1, 0.15) is 31.2 Å². The molecule has 0 atom stereocenters. The average Bonchev–Trinajstić information content (AvgIpc) is 2.96. The van der Waals surface area contributed by atoms with Crippen molar-refractivity contribution < 1.29 is 22.7 Å². The lowest BCUT2D eigenvalue weighted by Crippen LogP contribution is -2.57. The fraction of sp³-hybridized carbons (Fsp3) is 0.652. The number of nitrogens with zero attached hydrogens (tertiary/aromatic N) is 3. The number of ether oxygens (including phenoxy) is 1. The number of hydrogen-bond donors (Lipinski definition) is 0. The molecule has 32 heavy (non-hydrogen) atoms. The lowest BCUT2D eigenvalue weighted by molar-refractivity contribution is -0.125. The third-order valence-electron chi connectivity index (χ3n) is 7.50. The fourth-order valence-electron chi connectivity index (χ4n) is 5.51. The number of sulfone groups is 1. The van der Waals surface area contributed by atoms with Gasteiger partial charge in [-0.3, -0.25) is 14.6 Å². The molecule has 9 heteroatoms. The number of carbonyl (C=O) groups excluding carboxylic acids is 2. The van der Waals surface area contributed by atoms with Crippen molar-refractivity contribution in [2.75, 3.05) is 52.4 Å². The molecule has 0 bridgehead atoms. The molecule has 1 spiro atoms. The molecule has 4 rings (SSSR count). The van der Waals surface area contributed by atoms with E-state index in [1.807, 2.05) is 11.0 Å². The zero-order valence-corrected chi connectivity index (χ0v) is 19.9. The first-order valence-corrected chi connectivity index (χ1v) is 13.2. The summed E-state index contributed by atoms with van der Waals surface area (Å²) >= 11 is 0. The molecule has 2 saturated heterocycles. The van der Waals surface area contributed by atoms with Crippen LogP contribution in [0.5, 0.6) is 0 Å². The minimum absolute atomic E-state index is 0.134. The molecule has 1 aliphatic carbocycles. The third-order valence-corrected chi connectivity index (χ3v) is 8.27. The number of carbonyl (C=O) groups is 2. The van der Waals surface area contributed by atoms with Gasteiger partial charge in [0.25, 0.3) is 0 Å². The van der Waals surface area contributed by atoms with Crippen LogP contribution in [0.3, 0.4) is 0 Å². The normalized spacial score (nSPS) is 29.1. The molecule has 1 aromatic carbocycles. The van der Waals surface area contributed by atoms with E-state index in [2.05, 4.69) is 43.3 Å². The summed E-state index contributed by atoms with van der Waals surface area (Å²) in [7, 11) is 0.672. The Morgan fingerprint density at radius 1 is 1.12 bits per heavy atom. The van der Waals surface area contributed by atoms with E-state index in [4.69, 9.17) is 4.74 Å². The summed E-state index contributed by atoms with van der Waals surface area (Å²) in [6.45, 7) is 2.03. The lowest BCUT2D eigenvalue weighted by atomic mass is 9.68. The van der Waals surface area contributed by atoms with Gasteiger partial charge in [0.05, 0.1) is 25.3 Å². The van der Waals surface area contributed by atoms with E-state index in [9.17, 15) is 18.0 Å². The highest BCUT2D eigenvalue weighted by molar-refractivity contribution is 7.91. The first kappa shape index (κ1) is 23.2. The minimum Gasteiger partial charge on any atom is -0.381 e. The van der Waals surface area contributed by atoms with Crippen molar-refractivity contribution in [1.82, 2.24) is 14.7 Å². The van der Waals surface area contributed by atoms with Crippen LogP contribution in [-0.2, 0) is 24.9 Å². The molecule has 0 N–H and O–H groups in total. The van der Waals surface area contributed by atoms with Gasteiger partial charge in [0, 0.05) is 24.3 Å². The lowest BCUT2D eigenvalue weighted by Gasteiger charge is -2.51. The summed E-state index contributed by atoms with van der Waals surface area (Å²) in [5.74, 6) is -1.01. The molecule has 1 aromatic rings. The van der Waals surface area contributed by atoms with Crippen molar-refractivity contribution in [3.8, 4) is 0 Å². The van der Waals surface area contributed by atoms with Crippen molar-refractivity contribution in [3.63, 3.8) is 0 Å². The average molecular weight is 464 g/mol. The predicted octanol–water partition coefficient (Wildman–Crippen LogP) is 1.71. The maximum atomic E-state index is 13.3. The quantitative estimate of drug-likeness (QED) is 0.638. The molecule has 2 aliphatic heterocycles. The molecule has 0 unspecified atom stereocenters. The number of benzene rings is 1. The van der Waals surface area contributed by atoms with Crippen LogP contribution >= 0.6 is 0 Å². The number of urea groups is 1. The minimum atomic E-state index is -3.51. The van der Waals surface area contributed by atoms with Gasteiger partial charge in [0.15, 0.2) is 9.84 Å². The van der Waals surface area contributed by atoms with E-state index in [1.165, 1.54) is 10.5 Å². The summed E-state index contributed by atoms with van der Waals surface area (Å²) in [6, 6.07) is 10.1. The summed E-state index contributed by atoms with van der Waals surface area (Å²) in [5, 5.41) is 0. The standard InChI is InChI=1S/C23H33N3O5S/c1-24(2)23(19-7-5-4-6-8-19)11-9-22(10-12-23)17-25(20(27)16-32(3,29)30)21(28)26(22)13-18-14-31-15-18/h4-8,18H,9-17H2,1-3H3. The third kappa shape index (κ3) is 4.18. The second-order valence-electron chi connectivity index (χ2n) is 9.86. The van der Waals surface area contributed by atoms with Crippen LogP contribution in [0, 0.1) is 5.92 Å². The first-order chi connectivity index (χ1) is 15.1. The van der Waals surface area contributed by atoms with Gasteiger partial charge in [-0.05, 0) is 45.3 Å². The van der Waals surface area contributed by atoms with Crippen LogP contribution in [0.25, 0.3) is 0 Å². The molecular weight excluding hydrogens is 430 g/mol. The van der Waals surface area contributed by atoms with Crippen molar-refractivity contribution >= 4 is 21.8 Å². The zero-order chi connectivity index (χ0) is 23.1. The van der Waals surface area contributed by atoms with Gasteiger partial charge in [0.1, 0.15) is 5.75 Å². The second kappa shape index (κ2) is 8.43. The summed E-state index contributed by atoms with van der Waals surface area (Å²) < 4.78 is 28.7. The highest BCUT2D eigenvalue weighted by Gasteiger charge is 2.56.